The maximum Gasteiger partial charge on any atom is 0.269 e. The van der Waals surface area contributed by atoms with Crippen molar-refractivity contribution in [3.05, 3.63) is 142 Å². The Morgan fingerprint density at radius 1 is 0.930 bits per heavy atom. The summed E-state index contributed by atoms with van der Waals surface area (Å²) < 4.78 is 32.3. The number of aromatic nitrogens is 4. The number of rotatable bonds is 15. The highest BCUT2D eigenvalue weighted by atomic mass is 16.7. The Balaban J connectivity index is 1.22. The van der Waals surface area contributed by atoms with Crippen molar-refractivity contribution in [2.75, 3.05) is 26.1 Å². The van der Waals surface area contributed by atoms with Crippen molar-refractivity contribution in [3.8, 4) is 17.4 Å². The van der Waals surface area contributed by atoms with Gasteiger partial charge in [-0.3, -0.25) is 24.8 Å². The molecule has 1 aliphatic rings. The van der Waals surface area contributed by atoms with Gasteiger partial charge in [-0.05, 0) is 46.5 Å². The van der Waals surface area contributed by atoms with Crippen LogP contribution in [0.4, 0.5) is 11.6 Å². The summed E-state index contributed by atoms with van der Waals surface area (Å²) in [7, 11) is 3.20. The van der Waals surface area contributed by atoms with Crippen molar-refractivity contribution in [1.82, 2.24) is 19.5 Å². The smallest absolute Gasteiger partial charge is 0.269 e. The highest BCUT2D eigenvalue weighted by Gasteiger charge is 2.46. The molecule has 0 spiro atoms. The zero-order valence-corrected chi connectivity index (χ0v) is 31.8. The van der Waals surface area contributed by atoms with Gasteiger partial charge in [-0.25, -0.2) is 4.98 Å². The molecular formula is C42H42N6O9. The Morgan fingerprint density at radius 3 is 2.12 bits per heavy atom. The van der Waals surface area contributed by atoms with E-state index in [0.29, 0.717) is 29.1 Å². The Hall–Kier alpha value is -6.42. The Morgan fingerprint density at radius 2 is 1.54 bits per heavy atom. The lowest BCUT2D eigenvalue weighted by Crippen LogP contribution is -2.40. The number of hydrogen-bond acceptors (Lipinski definition) is 12. The maximum absolute atomic E-state index is 12.8. The van der Waals surface area contributed by atoms with E-state index in [9.17, 15) is 20.0 Å². The van der Waals surface area contributed by atoms with Gasteiger partial charge in [0.1, 0.15) is 29.4 Å². The Labute approximate surface area is 328 Å². The predicted octanol–water partition coefficient (Wildman–Crippen LogP) is 6.58. The van der Waals surface area contributed by atoms with Gasteiger partial charge in [0, 0.05) is 30.9 Å². The van der Waals surface area contributed by atoms with E-state index in [4.69, 9.17) is 23.7 Å². The number of ether oxygens (including phenoxy) is 5. The lowest BCUT2D eigenvalue weighted by atomic mass is 9.80. The van der Waals surface area contributed by atoms with Gasteiger partial charge in [0.25, 0.3) is 5.69 Å². The molecule has 0 unspecified atom stereocenters. The SMILES string of the molecule is COc1ccc(C(O[C@H]2O[C@@H](n3cnc4c(OCCc5ccc([N+](=O)[O-])cc5)nc(NC(=O)C(C)C)nc43)C[C@@H]2O)(c2ccccc2)c2ccc(OC)cc2)cc1. The average molecular weight is 775 g/mol. The highest BCUT2D eigenvalue weighted by molar-refractivity contribution is 5.91. The van der Waals surface area contributed by atoms with E-state index in [1.54, 1.807) is 44.8 Å². The lowest BCUT2D eigenvalue weighted by Gasteiger charge is -2.38. The number of non-ortho nitro benzene ring substituents is 1. The van der Waals surface area contributed by atoms with Gasteiger partial charge in [-0.1, -0.05) is 80.6 Å². The first-order chi connectivity index (χ1) is 27.6. The van der Waals surface area contributed by atoms with Gasteiger partial charge in [-0.2, -0.15) is 9.97 Å². The number of benzene rings is 4. The predicted molar refractivity (Wildman–Crippen MR) is 209 cm³/mol. The third kappa shape index (κ3) is 8.12. The number of nitro benzene ring substituents is 1. The molecule has 3 heterocycles. The van der Waals surface area contributed by atoms with Crippen LogP contribution >= 0.6 is 0 Å². The minimum absolute atomic E-state index is 0.00161. The summed E-state index contributed by atoms with van der Waals surface area (Å²) in [5.41, 5.74) is 2.47. The van der Waals surface area contributed by atoms with Gasteiger partial charge in [0.05, 0.1) is 32.1 Å². The largest absolute Gasteiger partial charge is 0.497 e. The van der Waals surface area contributed by atoms with E-state index in [0.717, 1.165) is 22.3 Å². The van der Waals surface area contributed by atoms with Crippen molar-refractivity contribution in [2.24, 2.45) is 5.92 Å². The average Bonchev–Trinajstić information content (AvgIpc) is 3.83. The zero-order chi connectivity index (χ0) is 40.1. The van der Waals surface area contributed by atoms with Crippen LogP contribution < -0.4 is 19.5 Å². The van der Waals surface area contributed by atoms with Gasteiger partial charge in [0.15, 0.2) is 17.5 Å². The molecule has 0 radical (unpaired) electrons. The molecule has 7 rings (SSSR count). The van der Waals surface area contributed by atoms with Gasteiger partial charge >= 0.3 is 0 Å². The second-order valence-electron chi connectivity index (χ2n) is 13.7. The molecule has 0 saturated carbocycles. The number of hydrogen-bond donors (Lipinski definition) is 2. The number of nitro groups is 1. The van der Waals surface area contributed by atoms with Crippen molar-refractivity contribution in [1.29, 1.82) is 0 Å². The summed E-state index contributed by atoms with van der Waals surface area (Å²) in [5, 5.41) is 25.5. The number of fused-ring (bicyclic) bond motifs is 1. The van der Waals surface area contributed by atoms with Crippen molar-refractivity contribution < 1.29 is 38.5 Å². The molecule has 3 atom stereocenters. The summed E-state index contributed by atoms with van der Waals surface area (Å²) in [6, 6.07) is 31.0. The second kappa shape index (κ2) is 16.8. The lowest BCUT2D eigenvalue weighted by molar-refractivity contribution is -0.384. The number of imidazole rings is 1. The summed E-state index contributed by atoms with van der Waals surface area (Å²) in [5.74, 6) is 0.802. The first kappa shape index (κ1) is 38.8. The number of carbonyl (C=O) groups is 1. The van der Waals surface area contributed by atoms with Crippen molar-refractivity contribution in [3.63, 3.8) is 0 Å². The van der Waals surface area contributed by atoms with Gasteiger partial charge < -0.3 is 28.8 Å². The number of aliphatic hydroxyl groups excluding tert-OH is 1. The first-order valence-corrected chi connectivity index (χ1v) is 18.4. The van der Waals surface area contributed by atoms with Crippen LogP contribution in [0.1, 0.15) is 48.8 Å². The topological polar surface area (TPSA) is 182 Å². The molecule has 2 aromatic heterocycles. The summed E-state index contributed by atoms with van der Waals surface area (Å²) in [6.45, 7) is 3.66. The summed E-state index contributed by atoms with van der Waals surface area (Å²) >= 11 is 0. The van der Waals surface area contributed by atoms with E-state index in [1.165, 1.54) is 18.5 Å². The van der Waals surface area contributed by atoms with Crippen LogP contribution in [-0.4, -0.2) is 68.7 Å². The molecular weight excluding hydrogens is 732 g/mol. The third-order valence-electron chi connectivity index (χ3n) is 9.75. The summed E-state index contributed by atoms with van der Waals surface area (Å²) in [6.07, 6.45) is -0.983. The van der Waals surface area contributed by atoms with E-state index >= 15 is 0 Å². The fourth-order valence-electron chi connectivity index (χ4n) is 6.67. The van der Waals surface area contributed by atoms with Crippen LogP contribution in [0.15, 0.2) is 109 Å². The fraction of sp³-hybridized carbons (Fsp3) is 0.286. The standard InChI is InChI=1S/C42H42N6O9/c1-26(2)38(50)45-41-44-37-36(39(46-41)55-23-22-27-10-16-31(17-11-27)48(51)52)43-25-47(37)35-24-34(49)40(56-35)57-42(28-8-6-5-7-9-28,29-12-18-32(53-3)19-13-29)30-14-20-33(54-4)21-15-30/h5-21,25-26,34-35,40,49H,22-24H2,1-4H3,(H,44,45,46,50)/t34-,35+,40+/m0/s1. The molecule has 6 aromatic rings. The number of nitrogens with one attached hydrogen (secondary N) is 1. The number of amides is 1. The Kier molecular flexibility index (Phi) is 11.4. The first-order valence-electron chi connectivity index (χ1n) is 18.4. The maximum atomic E-state index is 12.8. The molecule has 0 aliphatic carbocycles. The van der Waals surface area contributed by atoms with Gasteiger partial charge in [-0.15, -0.1) is 0 Å². The Bertz CT molecular complexity index is 2270. The minimum Gasteiger partial charge on any atom is -0.497 e. The van der Waals surface area contributed by atoms with Crippen LogP contribution in [0.2, 0.25) is 0 Å². The number of methoxy groups -OCH3 is 2. The molecule has 294 valence electrons. The number of anilines is 1. The van der Waals surface area contributed by atoms with Gasteiger partial charge in [0.2, 0.25) is 17.7 Å². The molecule has 1 amide bonds. The van der Waals surface area contributed by atoms with Crippen LogP contribution in [0.5, 0.6) is 17.4 Å². The molecule has 15 nitrogen and oxygen atoms in total. The fourth-order valence-corrected chi connectivity index (χ4v) is 6.67. The van der Waals surface area contributed by atoms with E-state index in [1.807, 2.05) is 78.9 Å². The zero-order valence-electron chi connectivity index (χ0n) is 31.8. The molecule has 1 fully saturated rings. The number of carbonyl (C=O) groups excluding carboxylic acids is 1. The molecule has 4 aromatic carbocycles. The molecule has 1 saturated heterocycles. The summed E-state index contributed by atoms with van der Waals surface area (Å²) in [4.78, 5) is 37.1. The van der Waals surface area contributed by atoms with Crippen LogP contribution in [0.3, 0.4) is 0 Å². The van der Waals surface area contributed by atoms with E-state index in [2.05, 4.69) is 20.3 Å². The highest BCUT2D eigenvalue weighted by Crippen LogP contribution is 2.45. The van der Waals surface area contributed by atoms with Crippen LogP contribution in [0.25, 0.3) is 11.2 Å². The van der Waals surface area contributed by atoms with Crippen molar-refractivity contribution in [2.45, 2.75) is 50.9 Å². The number of aliphatic hydroxyl groups is 1. The number of nitrogens with zero attached hydrogens (tertiary/aromatic N) is 5. The van der Waals surface area contributed by atoms with E-state index < -0.39 is 29.1 Å². The quantitative estimate of drug-likeness (QED) is 0.0651. The molecule has 15 heteroatoms. The molecule has 2 N–H and O–H groups in total. The second-order valence-corrected chi connectivity index (χ2v) is 13.7. The normalized spacial score (nSPS) is 16.8. The van der Waals surface area contributed by atoms with Crippen LogP contribution in [-0.2, 0) is 26.3 Å². The third-order valence-corrected chi connectivity index (χ3v) is 9.75. The minimum atomic E-state index is -1.27. The van der Waals surface area contributed by atoms with E-state index in [-0.39, 0.29) is 42.4 Å². The monoisotopic (exact) mass is 774 g/mol. The van der Waals surface area contributed by atoms with Crippen LogP contribution in [0, 0.1) is 16.0 Å². The molecule has 1 aliphatic heterocycles. The molecule has 57 heavy (non-hydrogen) atoms. The molecule has 0 bridgehead atoms. The van der Waals surface area contributed by atoms with Crippen molar-refractivity contribution >= 4 is 28.7 Å².